The molecule has 2 aliphatic rings. The molecule has 1 aliphatic heterocycles. The molecule has 0 unspecified atom stereocenters. The van der Waals surface area contributed by atoms with Crippen LogP contribution < -0.4 is 9.47 Å². The Hall–Kier alpha value is -2.20. The van der Waals surface area contributed by atoms with Crippen LogP contribution in [0.1, 0.15) is 30.9 Å². The lowest BCUT2D eigenvalue weighted by atomic mass is 9.94. The second kappa shape index (κ2) is 6.26. The van der Waals surface area contributed by atoms with Crippen LogP contribution in [0.3, 0.4) is 0 Å². The number of benzene rings is 2. The van der Waals surface area contributed by atoms with Crippen LogP contribution in [-0.4, -0.2) is 24.1 Å². The first-order valence-corrected chi connectivity index (χ1v) is 8.94. The first-order valence-electron chi connectivity index (χ1n) is 8.56. The summed E-state index contributed by atoms with van der Waals surface area (Å²) in [5.41, 5.74) is 1.66. The van der Waals surface area contributed by atoms with Crippen molar-refractivity contribution in [1.82, 2.24) is 4.90 Å². The van der Waals surface area contributed by atoms with Gasteiger partial charge in [0, 0.05) is 18.1 Å². The van der Waals surface area contributed by atoms with Crippen LogP contribution in [0.5, 0.6) is 11.5 Å². The van der Waals surface area contributed by atoms with E-state index in [0.717, 1.165) is 35.5 Å². The Bertz CT molecular complexity index is 816. The van der Waals surface area contributed by atoms with Crippen molar-refractivity contribution in [3.8, 4) is 11.5 Å². The number of ether oxygens (including phenoxy) is 2. The van der Waals surface area contributed by atoms with Gasteiger partial charge in [0.2, 0.25) is 12.7 Å². The largest absolute Gasteiger partial charge is 0.454 e. The lowest BCUT2D eigenvalue weighted by Crippen LogP contribution is -2.38. The zero-order chi connectivity index (χ0) is 17.4. The minimum atomic E-state index is -0.406. The number of carbonyl (C=O) groups is 1. The maximum atomic E-state index is 13.2. The highest BCUT2D eigenvalue weighted by Gasteiger charge is 2.52. The molecule has 1 saturated carbocycles. The molecule has 0 saturated heterocycles. The molecule has 1 aliphatic carbocycles. The predicted molar refractivity (Wildman–Crippen MR) is 96.0 cm³/mol. The quantitative estimate of drug-likeness (QED) is 0.807. The van der Waals surface area contributed by atoms with Gasteiger partial charge in [-0.15, -0.1) is 0 Å². The predicted octanol–water partition coefficient (Wildman–Crippen LogP) is 4.15. The molecule has 0 atom stereocenters. The number of amides is 1. The van der Waals surface area contributed by atoms with Gasteiger partial charge in [0.1, 0.15) is 0 Å². The van der Waals surface area contributed by atoms with E-state index in [2.05, 4.69) is 0 Å². The molecule has 1 heterocycles. The lowest BCUT2D eigenvalue weighted by molar-refractivity contribution is -0.134. The van der Waals surface area contributed by atoms with E-state index >= 15 is 0 Å². The van der Waals surface area contributed by atoms with E-state index in [1.807, 2.05) is 54.3 Å². The SMILES string of the molecule is CCN(Cc1ccc2c(c1)OCO2)C(=O)C1(c2cccc(Cl)c2)CC1. The second-order valence-corrected chi connectivity index (χ2v) is 7.04. The highest BCUT2D eigenvalue weighted by molar-refractivity contribution is 6.30. The van der Waals surface area contributed by atoms with Crippen molar-refractivity contribution in [3.05, 3.63) is 58.6 Å². The van der Waals surface area contributed by atoms with Gasteiger partial charge in [-0.1, -0.05) is 29.8 Å². The fourth-order valence-corrected chi connectivity index (χ4v) is 3.62. The van der Waals surface area contributed by atoms with Crippen molar-refractivity contribution >= 4 is 17.5 Å². The standard InChI is InChI=1S/C20H20ClNO3/c1-2-22(12-14-6-7-17-18(10-14)25-13-24-17)19(23)20(8-9-20)15-4-3-5-16(21)11-15/h3-7,10-11H,2,8-9,12-13H2,1H3. The molecule has 1 amide bonds. The zero-order valence-corrected chi connectivity index (χ0v) is 14.9. The Morgan fingerprint density at radius 2 is 1.96 bits per heavy atom. The Balaban J connectivity index is 1.55. The minimum Gasteiger partial charge on any atom is -0.454 e. The van der Waals surface area contributed by atoms with Gasteiger partial charge in [0.15, 0.2) is 11.5 Å². The van der Waals surface area contributed by atoms with Crippen LogP contribution >= 0.6 is 11.6 Å². The van der Waals surface area contributed by atoms with Gasteiger partial charge in [-0.25, -0.2) is 0 Å². The molecule has 2 aromatic carbocycles. The van der Waals surface area contributed by atoms with Crippen LogP contribution in [0, 0.1) is 0 Å². The number of hydrogen-bond donors (Lipinski definition) is 0. The average molecular weight is 358 g/mol. The number of carbonyl (C=O) groups excluding carboxylic acids is 1. The van der Waals surface area contributed by atoms with Crippen molar-refractivity contribution in [2.75, 3.05) is 13.3 Å². The number of nitrogens with zero attached hydrogens (tertiary/aromatic N) is 1. The molecule has 5 heteroatoms. The van der Waals surface area contributed by atoms with Crippen molar-refractivity contribution in [2.45, 2.75) is 31.7 Å². The summed E-state index contributed by atoms with van der Waals surface area (Å²) in [4.78, 5) is 15.1. The summed E-state index contributed by atoms with van der Waals surface area (Å²) in [6.45, 7) is 3.50. The third-order valence-corrected chi connectivity index (χ3v) is 5.25. The van der Waals surface area contributed by atoms with Gasteiger partial charge in [0.25, 0.3) is 0 Å². The molecule has 0 spiro atoms. The van der Waals surface area contributed by atoms with E-state index in [9.17, 15) is 4.79 Å². The highest BCUT2D eigenvalue weighted by atomic mass is 35.5. The van der Waals surface area contributed by atoms with E-state index in [1.54, 1.807) is 0 Å². The van der Waals surface area contributed by atoms with Crippen molar-refractivity contribution in [2.24, 2.45) is 0 Å². The normalized spacial score (nSPS) is 16.6. The fourth-order valence-electron chi connectivity index (χ4n) is 3.43. The Morgan fingerprint density at radius 1 is 1.16 bits per heavy atom. The third-order valence-electron chi connectivity index (χ3n) is 5.02. The molecule has 0 N–H and O–H groups in total. The molecule has 4 rings (SSSR count). The monoisotopic (exact) mass is 357 g/mol. The Labute approximate surface area is 152 Å². The molecule has 25 heavy (non-hydrogen) atoms. The van der Waals surface area contributed by atoms with Crippen LogP contribution in [0.25, 0.3) is 0 Å². The first kappa shape index (κ1) is 16.3. The average Bonchev–Trinajstić information content (AvgIpc) is 3.31. The highest BCUT2D eigenvalue weighted by Crippen LogP contribution is 2.50. The minimum absolute atomic E-state index is 0.176. The summed E-state index contributed by atoms with van der Waals surface area (Å²) in [5.74, 6) is 1.68. The number of fused-ring (bicyclic) bond motifs is 1. The van der Waals surface area contributed by atoms with Gasteiger partial charge in [0.05, 0.1) is 5.41 Å². The number of halogens is 1. The van der Waals surface area contributed by atoms with Crippen LogP contribution in [0.15, 0.2) is 42.5 Å². The Kier molecular flexibility index (Phi) is 4.08. The molecule has 1 fully saturated rings. The Morgan fingerprint density at radius 3 is 2.68 bits per heavy atom. The lowest BCUT2D eigenvalue weighted by Gasteiger charge is -2.27. The topological polar surface area (TPSA) is 38.8 Å². The summed E-state index contributed by atoms with van der Waals surface area (Å²) >= 11 is 6.13. The van der Waals surface area contributed by atoms with E-state index < -0.39 is 5.41 Å². The van der Waals surface area contributed by atoms with E-state index in [4.69, 9.17) is 21.1 Å². The van der Waals surface area contributed by atoms with Gasteiger partial charge in [-0.2, -0.15) is 0 Å². The van der Waals surface area contributed by atoms with E-state index in [-0.39, 0.29) is 12.7 Å². The smallest absolute Gasteiger partial charge is 0.233 e. The molecule has 4 nitrogen and oxygen atoms in total. The number of likely N-dealkylation sites (N-methyl/N-ethyl adjacent to an activating group) is 1. The number of hydrogen-bond acceptors (Lipinski definition) is 3. The van der Waals surface area contributed by atoms with Gasteiger partial charge >= 0.3 is 0 Å². The van der Waals surface area contributed by atoms with Crippen LogP contribution in [-0.2, 0) is 16.8 Å². The van der Waals surface area contributed by atoms with Gasteiger partial charge in [-0.3, -0.25) is 4.79 Å². The van der Waals surface area contributed by atoms with Crippen molar-refractivity contribution in [1.29, 1.82) is 0 Å². The van der Waals surface area contributed by atoms with Gasteiger partial charge in [-0.05, 0) is 55.2 Å². The zero-order valence-electron chi connectivity index (χ0n) is 14.1. The maximum Gasteiger partial charge on any atom is 0.233 e. The van der Waals surface area contributed by atoms with E-state index in [1.165, 1.54) is 0 Å². The van der Waals surface area contributed by atoms with Crippen molar-refractivity contribution in [3.63, 3.8) is 0 Å². The van der Waals surface area contributed by atoms with E-state index in [0.29, 0.717) is 18.1 Å². The third kappa shape index (κ3) is 2.95. The fraction of sp³-hybridized carbons (Fsp3) is 0.350. The molecule has 2 aromatic rings. The molecule has 0 radical (unpaired) electrons. The molecular formula is C20H20ClNO3. The molecule has 0 bridgehead atoms. The van der Waals surface area contributed by atoms with Crippen molar-refractivity contribution < 1.29 is 14.3 Å². The van der Waals surface area contributed by atoms with Crippen LogP contribution in [0.4, 0.5) is 0 Å². The molecular weight excluding hydrogens is 338 g/mol. The number of rotatable bonds is 5. The summed E-state index contributed by atoms with van der Waals surface area (Å²) in [6, 6.07) is 13.5. The van der Waals surface area contributed by atoms with Crippen LogP contribution in [0.2, 0.25) is 5.02 Å². The summed E-state index contributed by atoms with van der Waals surface area (Å²) in [6.07, 6.45) is 1.76. The second-order valence-electron chi connectivity index (χ2n) is 6.60. The summed E-state index contributed by atoms with van der Waals surface area (Å²) in [5, 5.41) is 0.676. The first-order chi connectivity index (χ1) is 12.1. The van der Waals surface area contributed by atoms with Gasteiger partial charge < -0.3 is 14.4 Å². The summed E-state index contributed by atoms with van der Waals surface area (Å²) < 4.78 is 10.8. The maximum absolute atomic E-state index is 13.2. The molecule has 130 valence electrons. The summed E-state index contributed by atoms with van der Waals surface area (Å²) in [7, 11) is 0. The molecule has 0 aromatic heterocycles.